The lowest BCUT2D eigenvalue weighted by Gasteiger charge is -2.38. The molecule has 0 bridgehead atoms. The van der Waals surface area contributed by atoms with E-state index >= 15 is 0 Å². The molecule has 1 aliphatic heterocycles. The number of piperazine rings is 1. The van der Waals surface area contributed by atoms with Crippen LogP contribution in [0.15, 0.2) is 42.5 Å². The zero-order valence-electron chi connectivity index (χ0n) is 11.1. The molecule has 2 nitrogen and oxygen atoms in total. The summed E-state index contributed by atoms with van der Waals surface area (Å²) in [4.78, 5) is 4.90. The van der Waals surface area contributed by atoms with Crippen molar-refractivity contribution in [3.8, 4) is 0 Å². The van der Waals surface area contributed by atoms with Gasteiger partial charge in [0, 0.05) is 25.7 Å². The maximum atomic E-state index is 2.47. The van der Waals surface area contributed by atoms with E-state index in [0.29, 0.717) is 6.04 Å². The van der Waals surface area contributed by atoms with E-state index in [1.807, 2.05) is 0 Å². The Hall–Kier alpha value is -1.38. The van der Waals surface area contributed by atoms with Crippen LogP contribution in [0.2, 0.25) is 0 Å². The van der Waals surface area contributed by atoms with Crippen molar-refractivity contribution in [2.75, 3.05) is 33.7 Å². The van der Waals surface area contributed by atoms with Gasteiger partial charge in [0.1, 0.15) is 0 Å². The highest BCUT2D eigenvalue weighted by Gasteiger charge is 2.24. The van der Waals surface area contributed by atoms with E-state index < -0.39 is 0 Å². The molecule has 1 aliphatic rings. The lowest BCUT2D eigenvalue weighted by atomic mass is 9.96. The monoisotopic (exact) mass is 240 g/mol. The molecule has 1 saturated heterocycles. The predicted octanol–water partition coefficient (Wildman–Crippen LogP) is 2.76. The predicted molar refractivity (Wildman–Crippen MR) is 76.8 cm³/mol. The van der Waals surface area contributed by atoms with Gasteiger partial charge in [-0.1, -0.05) is 42.5 Å². The van der Waals surface area contributed by atoms with Gasteiger partial charge in [-0.2, -0.15) is 0 Å². The fourth-order valence-corrected chi connectivity index (χ4v) is 2.89. The first-order valence-electron chi connectivity index (χ1n) is 6.62. The summed E-state index contributed by atoms with van der Waals surface area (Å²) in [7, 11) is 4.45. The van der Waals surface area contributed by atoms with Gasteiger partial charge in [0.2, 0.25) is 0 Å². The summed E-state index contributed by atoms with van der Waals surface area (Å²) in [5, 5.41) is 2.74. The van der Waals surface area contributed by atoms with Gasteiger partial charge in [-0.25, -0.2) is 0 Å². The van der Waals surface area contributed by atoms with Crippen molar-refractivity contribution in [1.82, 2.24) is 9.80 Å². The van der Waals surface area contributed by atoms with Crippen LogP contribution in [0.5, 0.6) is 0 Å². The molecule has 0 aliphatic carbocycles. The number of hydrogen-bond acceptors (Lipinski definition) is 2. The van der Waals surface area contributed by atoms with Gasteiger partial charge in [-0.15, -0.1) is 0 Å². The molecular formula is C16H20N2. The number of nitrogens with zero attached hydrogens (tertiary/aromatic N) is 2. The standard InChI is InChI=1S/C16H20N2/c1-17-10-11-18(2)16(12-17)15-9-5-7-13-6-3-4-8-14(13)15/h3-9,16H,10-12H2,1-2H3. The Morgan fingerprint density at radius 3 is 2.61 bits per heavy atom. The molecule has 1 atom stereocenters. The Bertz CT molecular complexity index is 544. The van der Waals surface area contributed by atoms with Crippen LogP contribution in [-0.2, 0) is 0 Å². The minimum atomic E-state index is 0.509. The second-order valence-electron chi connectivity index (χ2n) is 5.33. The van der Waals surface area contributed by atoms with E-state index in [4.69, 9.17) is 0 Å². The minimum Gasteiger partial charge on any atom is -0.303 e. The second-order valence-corrected chi connectivity index (χ2v) is 5.33. The summed E-state index contributed by atoms with van der Waals surface area (Å²) < 4.78 is 0. The molecule has 3 rings (SSSR count). The minimum absolute atomic E-state index is 0.509. The van der Waals surface area contributed by atoms with Crippen LogP contribution in [-0.4, -0.2) is 43.5 Å². The molecule has 2 heteroatoms. The molecule has 18 heavy (non-hydrogen) atoms. The van der Waals surface area contributed by atoms with Gasteiger partial charge in [0.15, 0.2) is 0 Å². The fourth-order valence-electron chi connectivity index (χ4n) is 2.89. The smallest absolute Gasteiger partial charge is 0.0478 e. The van der Waals surface area contributed by atoms with Crippen LogP contribution in [0.25, 0.3) is 10.8 Å². The highest BCUT2D eigenvalue weighted by Crippen LogP contribution is 2.29. The first-order chi connectivity index (χ1) is 8.75. The summed E-state index contributed by atoms with van der Waals surface area (Å²) in [5.74, 6) is 0. The summed E-state index contributed by atoms with van der Waals surface area (Å²) >= 11 is 0. The molecule has 94 valence electrons. The van der Waals surface area contributed by atoms with Crippen LogP contribution in [0.1, 0.15) is 11.6 Å². The van der Waals surface area contributed by atoms with Gasteiger partial charge >= 0.3 is 0 Å². The molecule has 1 heterocycles. The van der Waals surface area contributed by atoms with E-state index in [9.17, 15) is 0 Å². The summed E-state index contributed by atoms with van der Waals surface area (Å²) in [5.41, 5.74) is 1.46. The highest BCUT2D eigenvalue weighted by atomic mass is 15.3. The van der Waals surface area contributed by atoms with Crippen LogP contribution >= 0.6 is 0 Å². The van der Waals surface area contributed by atoms with Gasteiger partial charge in [-0.3, -0.25) is 4.90 Å². The first kappa shape index (κ1) is 11.7. The molecule has 1 fully saturated rings. The molecule has 2 aromatic carbocycles. The molecule has 0 amide bonds. The molecule has 0 saturated carbocycles. The molecule has 0 spiro atoms. The van der Waals surface area contributed by atoms with Crippen molar-refractivity contribution < 1.29 is 0 Å². The lowest BCUT2D eigenvalue weighted by molar-refractivity contribution is 0.116. The van der Waals surface area contributed by atoms with E-state index in [0.717, 1.165) is 19.6 Å². The van der Waals surface area contributed by atoms with Crippen molar-refractivity contribution in [2.24, 2.45) is 0 Å². The van der Waals surface area contributed by atoms with Crippen molar-refractivity contribution >= 4 is 10.8 Å². The summed E-state index contributed by atoms with van der Waals surface area (Å²) in [6.45, 7) is 3.42. The number of hydrogen-bond donors (Lipinski definition) is 0. The SMILES string of the molecule is CN1CCN(C)C(c2cccc3ccccc23)C1. The van der Waals surface area contributed by atoms with Gasteiger partial charge < -0.3 is 4.90 Å². The van der Waals surface area contributed by atoms with Crippen LogP contribution in [0, 0.1) is 0 Å². The van der Waals surface area contributed by atoms with Crippen LogP contribution < -0.4 is 0 Å². The van der Waals surface area contributed by atoms with Crippen LogP contribution in [0.4, 0.5) is 0 Å². The Morgan fingerprint density at radius 1 is 0.944 bits per heavy atom. The molecular weight excluding hydrogens is 220 g/mol. The van der Waals surface area contributed by atoms with Crippen molar-refractivity contribution in [2.45, 2.75) is 6.04 Å². The Balaban J connectivity index is 2.07. The van der Waals surface area contributed by atoms with Crippen molar-refractivity contribution in [1.29, 1.82) is 0 Å². The van der Waals surface area contributed by atoms with Gasteiger partial charge in [0.05, 0.1) is 0 Å². The molecule has 0 N–H and O–H groups in total. The maximum absolute atomic E-state index is 2.47. The van der Waals surface area contributed by atoms with Crippen molar-refractivity contribution in [3.05, 3.63) is 48.0 Å². The lowest BCUT2D eigenvalue weighted by Crippen LogP contribution is -2.44. The number of likely N-dealkylation sites (N-methyl/N-ethyl adjacent to an activating group) is 2. The highest BCUT2D eigenvalue weighted by molar-refractivity contribution is 5.86. The largest absolute Gasteiger partial charge is 0.303 e. The second kappa shape index (κ2) is 4.71. The Morgan fingerprint density at radius 2 is 1.72 bits per heavy atom. The van der Waals surface area contributed by atoms with E-state index in [-0.39, 0.29) is 0 Å². The molecule has 0 radical (unpaired) electrons. The molecule has 1 unspecified atom stereocenters. The summed E-state index contributed by atoms with van der Waals surface area (Å²) in [6.07, 6.45) is 0. The van der Waals surface area contributed by atoms with Gasteiger partial charge in [-0.05, 0) is 30.4 Å². The first-order valence-corrected chi connectivity index (χ1v) is 6.62. The van der Waals surface area contributed by atoms with E-state index in [1.165, 1.54) is 16.3 Å². The number of rotatable bonds is 1. The Kier molecular flexibility index (Phi) is 3.06. The number of fused-ring (bicyclic) bond motifs is 1. The summed E-state index contributed by atoms with van der Waals surface area (Å²) in [6, 6.07) is 15.9. The average molecular weight is 240 g/mol. The number of benzene rings is 2. The topological polar surface area (TPSA) is 6.48 Å². The zero-order chi connectivity index (χ0) is 12.5. The normalized spacial score (nSPS) is 22.4. The van der Waals surface area contributed by atoms with E-state index in [2.05, 4.69) is 66.4 Å². The van der Waals surface area contributed by atoms with Crippen molar-refractivity contribution in [3.63, 3.8) is 0 Å². The molecule has 2 aromatic rings. The third kappa shape index (κ3) is 2.02. The third-order valence-electron chi connectivity index (χ3n) is 4.03. The third-order valence-corrected chi connectivity index (χ3v) is 4.03. The van der Waals surface area contributed by atoms with Crippen LogP contribution in [0.3, 0.4) is 0 Å². The Labute approximate surface area is 109 Å². The van der Waals surface area contributed by atoms with E-state index in [1.54, 1.807) is 0 Å². The molecule has 0 aromatic heterocycles. The fraction of sp³-hybridized carbons (Fsp3) is 0.375. The maximum Gasteiger partial charge on any atom is 0.0478 e. The average Bonchev–Trinajstić information content (AvgIpc) is 2.41. The van der Waals surface area contributed by atoms with Gasteiger partial charge in [0.25, 0.3) is 0 Å². The quantitative estimate of drug-likeness (QED) is 0.756. The zero-order valence-corrected chi connectivity index (χ0v) is 11.1.